The van der Waals surface area contributed by atoms with E-state index in [0.717, 1.165) is 51.0 Å². The van der Waals surface area contributed by atoms with Gasteiger partial charge in [0.05, 0.1) is 34.2 Å². The summed E-state index contributed by atoms with van der Waals surface area (Å²) in [7, 11) is 0. The van der Waals surface area contributed by atoms with Crippen LogP contribution in [0.25, 0.3) is 27.5 Å². The van der Waals surface area contributed by atoms with Gasteiger partial charge in [0, 0.05) is 36.8 Å². The van der Waals surface area contributed by atoms with Gasteiger partial charge in [-0.05, 0) is 75.6 Å². The zero-order valence-corrected chi connectivity index (χ0v) is 22.5. The molecule has 4 heterocycles. The molecule has 0 spiro atoms. The molecular weight excluding hydrogens is 496 g/mol. The number of carbonyl (C=O) groups excluding carboxylic acids is 1. The first-order valence-corrected chi connectivity index (χ1v) is 14.0. The monoisotopic (exact) mass is 526 g/mol. The van der Waals surface area contributed by atoms with Crippen LogP contribution in [0.5, 0.6) is 0 Å². The highest BCUT2D eigenvalue weighted by molar-refractivity contribution is 7.14. The van der Waals surface area contributed by atoms with Crippen LogP contribution in [0.1, 0.15) is 62.9 Å². The van der Waals surface area contributed by atoms with Crippen LogP contribution < -0.4 is 10.6 Å². The summed E-state index contributed by atoms with van der Waals surface area (Å²) in [5.41, 5.74) is 4.90. The fourth-order valence-electron chi connectivity index (χ4n) is 6.27. The number of carbonyl (C=O) groups is 1. The SMILES string of the molecule is CC(=O)NC1C[C@H]2CC[C@@H](C1)C2c1nnc(-c2cnc(-c3ccc4cc(C#N)cnn34)cc2NC(C)C)s1. The summed E-state index contributed by atoms with van der Waals surface area (Å²) in [6.07, 6.45) is 7.84. The van der Waals surface area contributed by atoms with Crippen molar-refractivity contribution in [2.24, 2.45) is 11.8 Å². The van der Waals surface area contributed by atoms with Crippen LogP contribution in [0.4, 0.5) is 5.69 Å². The number of hydrogen-bond acceptors (Lipinski definition) is 8. The summed E-state index contributed by atoms with van der Waals surface area (Å²) in [5.74, 6) is 1.55. The number of fused-ring (bicyclic) bond motifs is 3. The van der Waals surface area contributed by atoms with Gasteiger partial charge in [-0.25, -0.2) is 4.52 Å². The maximum Gasteiger partial charge on any atom is 0.217 e. The first-order valence-electron chi connectivity index (χ1n) is 13.2. The van der Waals surface area contributed by atoms with Crippen molar-refractivity contribution >= 4 is 28.4 Å². The molecule has 2 saturated carbocycles. The van der Waals surface area contributed by atoms with E-state index >= 15 is 0 Å². The Morgan fingerprint density at radius 3 is 2.66 bits per heavy atom. The minimum atomic E-state index is 0.0584. The Hall–Kier alpha value is -3.84. The van der Waals surface area contributed by atoms with Gasteiger partial charge in [0.15, 0.2) is 5.01 Å². The van der Waals surface area contributed by atoms with Crippen molar-refractivity contribution in [2.45, 2.75) is 64.5 Å². The standard InChI is InChI=1S/C28H30N8OS/c1-15(2)32-23-11-24(25-7-6-21-8-17(12-29)13-31-36(21)25)30-14-22(23)27-34-35-28(38-27)26-18-4-5-19(26)10-20(9-18)33-16(3)37/h6-8,11,13-15,18-20,26H,4-5,9-10H2,1-3H3,(H,30,32)(H,33,37)/t18-,19+,20?,26?. The fourth-order valence-corrected chi connectivity index (χ4v) is 7.42. The minimum Gasteiger partial charge on any atom is -0.382 e. The van der Waals surface area contributed by atoms with Gasteiger partial charge < -0.3 is 10.6 Å². The van der Waals surface area contributed by atoms with Crippen molar-refractivity contribution < 1.29 is 4.79 Å². The molecule has 4 aromatic rings. The highest BCUT2D eigenvalue weighted by Crippen LogP contribution is 2.53. The maximum absolute atomic E-state index is 11.6. The third-order valence-corrected chi connectivity index (χ3v) is 8.76. The molecule has 4 atom stereocenters. The lowest BCUT2D eigenvalue weighted by Crippen LogP contribution is -2.40. The van der Waals surface area contributed by atoms with Crippen molar-refractivity contribution in [3.8, 4) is 28.0 Å². The van der Waals surface area contributed by atoms with E-state index in [1.165, 1.54) is 12.8 Å². The predicted octanol–water partition coefficient (Wildman–Crippen LogP) is 5.02. The molecule has 6 rings (SSSR count). The molecule has 2 bridgehead atoms. The Bertz CT molecular complexity index is 1540. The molecule has 2 N–H and O–H groups in total. The number of hydrogen-bond donors (Lipinski definition) is 2. The Morgan fingerprint density at radius 2 is 1.95 bits per heavy atom. The normalized spacial score (nSPS) is 22.5. The van der Waals surface area contributed by atoms with E-state index in [9.17, 15) is 10.1 Å². The molecule has 0 aliphatic heterocycles. The van der Waals surface area contributed by atoms with Crippen molar-refractivity contribution in [2.75, 3.05) is 5.32 Å². The summed E-state index contributed by atoms with van der Waals surface area (Å²) in [5, 5.41) is 31.6. The lowest BCUT2D eigenvalue weighted by Gasteiger charge is -2.34. The van der Waals surface area contributed by atoms with E-state index in [1.807, 2.05) is 30.5 Å². The quantitative estimate of drug-likeness (QED) is 0.362. The van der Waals surface area contributed by atoms with Gasteiger partial charge in [-0.3, -0.25) is 9.78 Å². The summed E-state index contributed by atoms with van der Waals surface area (Å²) in [6.45, 7) is 5.82. The maximum atomic E-state index is 11.6. The average molecular weight is 527 g/mol. The molecule has 1 amide bonds. The number of nitrogens with zero attached hydrogens (tertiary/aromatic N) is 6. The number of pyridine rings is 1. The minimum absolute atomic E-state index is 0.0584. The third-order valence-electron chi connectivity index (χ3n) is 7.70. The second-order valence-corrected chi connectivity index (χ2v) is 11.8. The number of nitrogens with one attached hydrogen (secondary N) is 2. The topological polar surface area (TPSA) is 121 Å². The molecule has 2 aliphatic carbocycles. The molecule has 0 saturated heterocycles. The average Bonchev–Trinajstić information content (AvgIpc) is 3.59. The van der Waals surface area contributed by atoms with E-state index in [4.69, 9.17) is 4.98 Å². The number of amides is 1. The van der Waals surface area contributed by atoms with E-state index < -0.39 is 0 Å². The fraction of sp³-hybridized carbons (Fsp3) is 0.429. The van der Waals surface area contributed by atoms with Crippen LogP contribution in [-0.2, 0) is 4.79 Å². The molecule has 4 aromatic heterocycles. The number of anilines is 1. The third kappa shape index (κ3) is 4.52. The highest BCUT2D eigenvalue weighted by atomic mass is 32.1. The van der Waals surface area contributed by atoms with Gasteiger partial charge in [0.1, 0.15) is 11.1 Å². The first kappa shape index (κ1) is 24.5. The second-order valence-electron chi connectivity index (χ2n) is 10.8. The van der Waals surface area contributed by atoms with Gasteiger partial charge in [-0.15, -0.1) is 10.2 Å². The van der Waals surface area contributed by atoms with Crippen LogP contribution in [-0.4, -0.2) is 42.8 Å². The van der Waals surface area contributed by atoms with E-state index in [2.05, 4.69) is 45.8 Å². The Balaban J connectivity index is 1.31. The first-order chi connectivity index (χ1) is 18.4. The van der Waals surface area contributed by atoms with Crippen LogP contribution in [0.15, 0.2) is 36.7 Å². The zero-order valence-electron chi connectivity index (χ0n) is 21.7. The van der Waals surface area contributed by atoms with Gasteiger partial charge in [0.2, 0.25) is 5.91 Å². The summed E-state index contributed by atoms with van der Waals surface area (Å²) >= 11 is 1.67. The molecule has 0 radical (unpaired) electrons. The lowest BCUT2D eigenvalue weighted by molar-refractivity contribution is -0.120. The van der Waals surface area contributed by atoms with Crippen LogP contribution in [0, 0.1) is 23.2 Å². The van der Waals surface area contributed by atoms with Gasteiger partial charge in [-0.2, -0.15) is 10.4 Å². The van der Waals surface area contributed by atoms with Crippen molar-refractivity contribution in [1.29, 1.82) is 5.26 Å². The van der Waals surface area contributed by atoms with E-state index in [-0.39, 0.29) is 18.0 Å². The Morgan fingerprint density at radius 1 is 1.16 bits per heavy atom. The van der Waals surface area contributed by atoms with Crippen molar-refractivity contribution in [3.05, 3.63) is 47.2 Å². The summed E-state index contributed by atoms with van der Waals surface area (Å²) < 4.78 is 1.80. The number of nitriles is 1. The van der Waals surface area contributed by atoms with Crippen molar-refractivity contribution in [1.82, 2.24) is 30.1 Å². The molecular formula is C28H30N8OS. The molecule has 10 heteroatoms. The smallest absolute Gasteiger partial charge is 0.217 e. The predicted molar refractivity (Wildman–Crippen MR) is 147 cm³/mol. The molecule has 0 aromatic carbocycles. The Labute approximate surface area is 225 Å². The lowest BCUT2D eigenvalue weighted by atomic mass is 9.76. The van der Waals surface area contributed by atoms with Gasteiger partial charge in [0.25, 0.3) is 0 Å². The van der Waals surface area contributed by atoms with E-state index in [1.54, 1.807) is 29.0 Å². The van der Waals surface area contributed by atoms with Crippen molar-refractivity contribution in [3.63, 3.8) is 0 Å². The largest absolute Gasteiger partial charge is 0.382 e. The van der Waals surface area contributed by atoms with Crippen LogP contribution in [0.3, 0.4) is 0 Å². The number of rotatable bonds is 6. The van der Waals surface area contributed by atoms with Crippen LogP contribution >= 0.6 is 11.3 Å². The molecule has 9 nitrogen and oxygen atoms in total. The molecule has 38 heavy (non-hydrogen) atoms. The molecule has 194 valence electrons. The van der Waals surface area contributed by atoms with Gasteiger partial charge in [-0.1, -0.05) is 11.3 Å². The molecule has 2 unspecified atom stereocenters. The van der Waals surface area contributed by atoms with Gasteiger partial charge >= 0.3 is 0 Å². The Kier molecular flexibility index (Phi) is 6.32. The molecule has 2 aliphatic rings. The number of aromatic nitrogens is 5. The van der Waals surface area contributed by atoms with Crippen LogP contribution in [0.2, 0.25) is 0 Å². The second kappa shape index (κ2) is 9.80. The zero-order chi connectivity index (χ0) is 26.4. The van der Waals surface area contributed by atoms with E-state index in [0.29, 0.717) is 23.3 Å². The molecule has 2 fully saturated rings. The summed E-state index contributed by atoms with van der Waals surface area (Å²) in [4.78, 5) is 16.4. The summed E-state index contributed by atoms with van der Waals surface area (Å²) in [6, 6.07) is 10.4. The highest BCUT2D eigenvalue weighted by Gasteiger charge is 2.45.